The molecule has 0 fully saturated rings. The Morgan fingerprint density at radius 3 is 2.76 bits per heavy atom. The highest BCUT2D eigenvalue weighted by Gasteiger charge is 2.13. The topological polar surface area (TPSA) is 42.3 Å². The summed E-state index contributed by atoms with van der Waals surface area (Å²) in [4.78, 5) is 6.63. The second-order valence-electron chi connectivity index (χ2n) is 5.11. The number of benzene rings is 1. The fourth-order valence-corrected chi connectivity index (χ4v) is 2.13. The molecular weight excluding hydrogens is 264 g/mol. The molecular formula is C16H24N4O. The van der Waals surface area contributed by atoms with Crippen molar-refractivity contribution in [3.8, 4) is 0 Å². The maximum atomic E-state index is 5.58. The zero-order chi connectivity index (χ0) is 15.1. The van der Waals surface area contributed by atoms with E-state index >= 15 is 0 Å². The number of imidazole rings is 1. The van der Waals surface area contributed by atoms with Crippen molar-refractivity contribution in [3.05, 3.63) is 42.7 Å². The van der Waals surface area contributed by atoms with E-state index in [0.29, 0.717) is 0 Å². The van der Waals surface area contributed by atoms with Gasteiger partial charge in [-0.25, -0.2) is 4.98 Å². The molecule has 0 aliphatic rings. The second-order valence-corrected chi connectivity index (χ2v) is 5.11. The molecule has 2 aromatic rings. The lowest BCUT2D eigenvalue weighted by atomic mass is 10.3. The number of nitrogens with zero attached hydrogens (tertiary/aromatic N) is 3. The number of para-hydroxylation sites is 1. The van der Waals surface area contributed by atoms with Gasteiger partial charge in [-0.05, 0) is 25.7 Å². The van der Waals surface area contributed by atoms with E-state index in [2.05, 4.69) is 33.7 Å². The van der Waals surface area contributed by atoms with Crippen molar-refractivity contribution in [2.45, 2.75) is 19.6 Å². The van der Waals surface area contributed by atoms with Gasteiger partial charge in [-0.15, -0.1) is 0 Å². The predicted molar refractivity (Wildman–Crippen MR) is 85.9 cm³/mol. The van der Waals surface area contributed by atoms with Crippen LogP contribution in [0.5, 0.6) is 0 Å². The third kappa shape index (κ3) is 4.58. The molecule has 0 aliphatic heterocycles. The summed E-state index contributed by atoms with van der Waals surface area (Å²) in [7, 11) is 3.86. The molecule has 114 valence electrons. The van der Waals surface area contributed by atoms with E-state index in [1.807, 2.05) is 42.7 Å². The maximum Gasteiger partial charge on any atom is 0.207 e. The minimum Gasteiger partial charge on any atom is -0.378 e. The molecule has 1 aromatic carbocycles. The average molecular weight is 288 g/mol. The van der Waals surface area contributed by atoms with Crippen LogP contribution in [-0.4, -0.2) is 47.8 Å². The quantitative estimate of drug-likeness (QED) is 0.811. The van der Waals surface area contributed by atoms with Crippen molar-refractivity contribution in [3.63, 3.8) is 0 Å². The van der Waals surface area contributed by atoms with E-state index in [-0.39, 0.29) is 6.10 Å². The molecule has 5 heteroatoms. The van der Waals surface area contributed by atoms with Crippen LogP contribution in [0.4, 0.5) is 11.6 Å². The number of hydrogen-bond donors (Lipinski definition) is 1. The third-order valence-electron chi connectivity index (χ3n) is 3.53. The van der Waals surface area contributed by atoms with Gasteiger partial charge in [0.2, 0.25) is 5.95 Å². The Morgan fingerprint density at radius 1 is 1.33 bits per heavy atom. The van der Waals surface area contributed by atoms with Crippen LogP contribution in [0.25, 0.3) is 0 Å². The van der Waals surface area contributed by atoms with Crippen LogP contribution in [0.3, 0.4) is 0 Å². The lowest BCUT2D eigenvalue weighted by Crippen LogP contribution is -2.33. The SMILES string of the molecule is CCN(C)CC(Cn1ccnc1Nc1ccccc1)OC. The Kier molecular flexibility index (Phi) is 5.78. The average Bonchev–Trinajstić information content (AvgIpc) is 2.94. The van der Waals surface area contributed by atoms with Crippen LogP contribution in [-0.2, 0) is 11.3 Å². The summed E-state index contributed by atoms with van der Waals surface area (Å²) < 4.78 is 7.67. The summed E-state index contributed by atoms with van der Waals surface area (Å²) in [5, 5.41) is 3.33. The van der Waals surface area contributed by atoms with E-state index in [0.717, 1.165) is 31.3 Å². The summed E-state index contributed by atoms with van der Waals surface area (Å²) >= 11 is 0. The van der Waals surface area contributed by atoms with Crippen LogP contribution in [0.15, 0.2) is 42.7 Å². The van der Waals surface area contributed by atoms with Gasteiger partial charge in [0.05, 0.1) is 12.6 Å². The first kappa shape index (κ1) is 15.5. The minimum atomic E-state index is 0.139. The summed E-state index contributed by atoms with van der Waals surface area (Å²) in [6.07, 6.45) is 3.92. The molecule has 1 N–H and O–H groups in total. The molecule has 1 atom stereocenters. The zero-order valence-electron chi connectivity index (χ0n) is 13.0. The molecule has 0 radical (unpaired) electrons. The summed E-state index contributed by atoms with van der Waals surface area (Å²) in [5.41, 5.74) is 1.03. The van der Waals surface area contributed by atoms with E-state index in [1.54, 1.807) is 7.11 Å². The molecule has 0 saturated heterocycles. The van der Waals surface area contributed by atoms with Gasteiger partial charge >= 0.3 is 0 Å². The molecule has 0 spiro atoms. The van der Waals surface area contributed by atoms with Gasteiger partial charge in [0.25, 0.3) is 0 Å². The highest BCUT2D eigenvalue weighted by Crippen LogP contribution is 2.15. The second kappa shape index (κ2) is 7.81. The number of ether oxygens (including phenoxy) is 1. The predicted octanol–water partition coefficient (Wildman–Crippen LogP) is 2.59. The normalized spacial score (nSPS) is 12.6. The Balaban J connectivity index is 2.02. The molecule has 0 saturated carbocycles. The molecule has 1 aromatic heterocycles. The number of nitrogens with one attached hydrogen (secondary N) is 1. The van der Waals surface area contributed by atoms with Crippen molar-refractivity contribution < 1.29 is 4.74 Å². The fourth-order valence-electron chi connectivity index (χ4n) is 2.13. The van der Waals surface area contributed by atoms with Crippen LogP contribution in [0.2, 0.25) is 0 Å². The number of anilines is 2. The largest absolute Gasteiger partial charge is 0.378 e. The molecule has 1 unspecified atom stereocenters. The van der Waals surface area contributed by atoms with E-state index in [4.69, 9.17) is 4.74 Å². The molecule has 0 aliphatic carbocycles. The smallest absolute Gasteiger partial charge is 0.207 e. The standard InChI is InChI=1S/C16H24N4O/c1-4-19(2)12-15(21-3)13-20-11-10-17-16(20)18-14-8-6-5-7-9-14/h5-11,15H,4,12-13H2,1-3H3,(H,17,18). The molecule has 21 heavy (non-hydrogen) atoms. The summed E-state index contributed by atoms with van der Waals surface area (Å²) in [6, 6.07) is 10.1. The first-order chi connectivity index (χ1) is 10.2. The Bertz CT molecular complexity index is 526. The number of methoxy groups -OCH3 is 1. The van der Waals surface area contributed by atoms with Crippen molar-refractivity contribution in [1.82, 2.24) is 14.5 Å². The van der Waals surface area contributed by atoms with Gasteiger partial charge in [-0.1, -0.05) is 25.1 Å². The van der Waals surface area contributed by atoms with E-state index in [1.165, 1.54) is 0 Å². The zero-order valence-corrected chi connectivity index (χ0v) is 13.0. The first-order valence-electron chi connectivity index (χ1n) is 7.27. The third-order valence-corrected chi connectivity index (χ3v) is 3.53. The Hall–Kier alpha value is -1.85. The van der Waals surface area contributed by atoms with Crippen molar-refractivity contribution >= 4 is 11.6 Å². The molecule has 1 heterocycles. The van der Waals surface area contributed by atoms with E-state index in [9.17, 15) is 0 Å². The van der Waals surface area contributed by atoms with Crippen LogP contribution < -0.4 is 5.32 Å². The lowest BCUT2D eigenvalue weighted by molar-refractivity contribution is 0.0607. The van der Waals surface area contributed by atoms with Crippen LogP contribution in [0, 0.1) is 0 Å². The van der Waals surface area contributed by atoms with Gasteiger partial charge in [-0.3, -0.25) is 0 Å². The fraction of sp³-hybridized carbons (Fsp3) is 0.438. The highest BCUT2D eigenvalue weighted by molar-refractivity contribution is 5.52. The van der Waals surface area contributed by atoms with E-state index < -0.39 is 0 Å². The van der Waals surface area contributed by atoms with Gasteiger partial charge in [-0.2, -0.15) is 0 Å². The first-order valence-corrected chi connectivity index (χ1v) is 7.27. The number of rotatable bonds is 8. The van der Waals surface area contributed by atoms with Gasteiger partial charge < -0.3 is 19.5 Å². The van der Waals surface area contributed by atoms with Crippen LogP contribution in [0.1, 0.15) is 6.92 Å². The monoisotopic (exact) mass is 288 g/mol. The molecule has 0 bridgehead atoms. The van der Waals surface area contributed by atoms with Crippen molar-refractivity contribution in [2.24, 2.45) is 0 Å². The summed E-state index contributed by atoms with van der Waals surface area (Å²) in [6.45, 7) is 4.83. The summed E-state index contributed by atoms with van der Waals surface area (Å²) in [5.74, 6) is 0.836. The molecule has 0 amide bonds. The van der Waals surface area contributed by atoms with Gasteiger partial charge in [0.15, 0.2) is 0 Å². The highest BCUT2D eigenvalue weighted by atomic mass is 16.5. The minimum absolute atomic E-state index is 0.139. The maximum absolute atomic E-state index is 5.58. The number of likely N-dealkylation sites (N-methyl/N-ethyl adjacent to an activating group) is 1. The van der Waals surface area contributed by atoms with Gasteiger partial charge in [0.1, 0.15) is 0 Å². The Labute approximate surface area is 126 Å². The number of hydrogen-bond acceptors (Lipinski definition) is 4. The van der Waals surface area contributed by atoms with Crippen molar-refractivity contribution in [2.75, 3.05) is 32.6 Å². The van der Waals surface area contributed by atoms with Gasteiger partial charge in [0, 0.05) is 31.7 Å². The number of aromatic nitrogens is 2. The molecule has 5 nitrogen and oxygen atoms in total. The van der Waals surface area contributed by atoms with Crippen molar-refractivity contribution in [1.29, 1.82) is 0 Å². The Morgan fingerprint density at radius 2 is 2.10 bits per heavy atom. The molecule has 2 rings (SSSR count). The lowest BCUT2D eigenvalue weighted by Gasteiger charge is -2.23. The van der Waals surface area contributed by atoms with Crippen LogP contribution >= 0.6 is 0 Å².